The fraction of sp³-hybridized carbons (Fsp3) is 0.500. The van der Waals surface area contributed by atoms with E-state index in [-0.39, 0.29) is 5.56 Å². The minimum atomic E-state index is -0.457. The standard InChI is InChI=1S/C14H17FN2S/c1-14(2)6-12(8-18-9-14)17-11-3-4-13(15)10(5-11)7-16/h3-5,12,17H,6,8-9H2,1-2H3. The van der Waals surface area contributed by atoms with Gasteiger partial charge in [0.1, 0.15) is 11.9 Å². The molecule has 96 valence electrons. The largest absolute Gasteiger partial charge is 0.381 e. The lowest BCUT2D eigenvalue weighted by molar-refractivity contribution is 0.358. The van der Waals surface area contributed by atoms with Gasteiger partial charge in [-0.1, -0.05) is 13.8 Å². The number of halogens is 1. The minimum Gasteiger partial charge on any atom is -0.381 e. The number of hydrogen-bond acceptors (Lipinski definition) is 3. The molecule has 1 saturated heterocycles. The maximum Gasteiger partial charge on any atom is 0.141 e. The van der Waals surface area contributed by atoms with Gasteiger partial charge in [0, 0.05) is 17.5 Å². The van der Waals surface area contributed by atoms with E-state index in [0.717, 1.165) is 17.9 Å². The molecule has 0 aromatic heterocycles. The molecule has 18 heavy (non-hydrogen) atoms. The Labute approximate surface area is 112 Å². The van der Waals surface area contributed by atoms with Gasteiger partial charge in [-0.3, -0.25) is 0 Å². The van der Waals surface area contributed by atoms with E-state index in [1.54, 1.807) is 12.1 Å². The highest BCUT2D eigenvalue weighted by Crippen LogP contribution is 2.34. The van der Waals surface area contributed by atoms with Crippen LogP contribution in [0.25, 0.3) is 0 Å². The number of nitrogens with zero attached hydrogens (tertiary/aromatic N) is 1. The van der Waals surface area contributed by atoms with Crippen LogP contribution < -0.4 is 5.32 Å². The number of benzene rings is 1. The van der Waals surface area contributed by atoms with E-state index >= 15 is 0 Å². The third kappa shape index (κ3) is 3.17. The van der Waals surface area contributed by atoms with Gasteiger partial charge in [0.2, 0.25) is 0 Å². The van der Waals surface area contributed by atoms with E-state index < -0.39 is 5.82 Å². The lowest BCUT2D eigenvalue weighted by Crippen LogP contribution is -2.35. The Hall–Kier alpha value is -1.21. The molecule has 1 fully saturated rings. The molecule has 1 unspecified atom stereocenters. The second-order valence-corrected chi connectivity index (χ2v) is 6.56. The second kappa shape index (κ2) is 5.19. The van der Waals surface area contributed by atoms with Gasteiger partial charge in [0.15, 0.2) is 0 Å². The van der Waals surface area contributed by atoms with Gasteiger partial charge in [0.05, 0.1) is 5.56 Å². The molecule has 0 radical (unpaired) electrons. The summed E-state index contributed by atoms with van der Waals surface area (Å²) >= 11 is 1.94. The van der Waals surface area contributed by atoms with Gasteiger partial charge in [-0.15, -0.1) is 0 Å². The quantitative estimate of drug-likeness (QED) is 0.885. The molecule has 1 atom stereocenters. The monoisotopic (exact) mass is 264 g/mol. The summed E-state index contributed by atoms with van der Waals surface area (Å²) in [7, 11) is 0. The molecule has 2 nitrogen and oxygen atoms in total. The summed E-state index contributed by atoms with van der Waals surface area (Å²) in [6.07, 6.45) is 1.10. The Morgan fingerprint density at radius 3 is 2.94 bits per heavy atom. The lowest BCUT2D eigenvalue weighted by atomic mass is 9.88. The molecule has 1 aliphatic heterocycles. The van der Waals surface area contributed by atoms with Crippen molar-refractivity contribution >= 4 is 17.4 Å². The zero-order valence-electron chi connectivity index (χ0n) is 10.7. The normalized spacial score (nSPS) is 22.2. The second-order valence-electron chi connectivity index (χ2n) is 5.53. The molecule has 4 heteroatoms. The first-order chi connectivity index (χ1) is 8.50. The van der Waals surface area contributed by atoms with Crippen LogP contribution in [0.4, 0.5) is 10.1 Å². The summed E-state index contributed by atoms with van der Waals surface area (Å²) in [4.78, 5) is 0. The third-order valence-electron chi connectivity index (χ3n) is 3.07. The summed E-state index contributed by atoms with van der Waals surface area (Å²) in [5, 5.41) is 12.2. The first kappa shape index (κ1) is 13.2. The summed E-state index contributed by atoms with van der Waals surface area (Å²) in [6.45, 7) is 4.53. The highest BCUT2D eigenvalue weighted by molar-refractivity contribution is 7.99. The average Bonchev–Trinajstić information content (AvgIpc) is 2.30. The van der Waals surface area contributed by atoms with Crippen LogP contribution in [0.1, 0.15) is 25.8 Å². The molecular formula is C14H17FN2S. The number of hydrogen-bond donors (Lipinski definition) is 1. The predicted molar refractivity (Wildman–Crippen MR) is 74.2 cm³/mol. The topological polar surface area (TPSA) is 35.8 Å². The maximum atomic E-state index is 13.2. The number of nitrogens with one attached hydrogen (secondary N) is 1. The van der Waals surface area contributed by atoms with Gasteiger partial charge in [-0.2, -0.15) is 17.0 Å². The van der Waals surface area contributed by atoms with Gasteiger partial charge >= 0.3 is 0 Å². The number of thioether (sulfide) groups is 1. The van der Waals surface area contributed by atoms with Crippen LogP contribution in [0.3, 0.4) is 0 Å². The SMILES string of the molecule is CC1(C)CSCC(Nc2ccc(F)c(C#N)c2)C1. The predicted octanol–water partition coefficient (Wildman–Crippen LogP) is 3.64. The zero-order valence-corrected chi connectivity index (χ0v) is 11.5. The molecule has 1 aromatic rings. The van der Waals surface area contributed by atoms with E-state index in [4.69, 9.17) is 5.26 Å². The van der Waals surface area contributed by atoms with Crippen molar-refractivity contribution < 1.29 is 4.39 Å². The van der Waals surface area contributed by atoms with Crippen LogP contribution >= 0.6 is 11.8 Å². The van der Waals surface area contributed by atoms with Gasteiger partial charge < -0.3 is 5.32 Å². The summed E-state index contributed by atoms with van der Waals surface area (Å²) < 4.78 is 13.2. The van der Waals surface area contributed by atoms with Crippen molar-refractivity contribution in [3.05, 3.63) is 29.6 Å². The minimum absolute atomic E-state index is 0.0997. The van der Waals surface area contributed by atoms with Crippen molar-refractivity contribution in [3.63, 3.8) is 0 Å². The smallest absolute Gasteiger partial charge is 0.141 e. The first-order valence-electron chi connectivity index (χ1n) is 6.04. The molecule has 0 spiro atoms. The average molecular weight is 264 g/mol. The summed E-state index contributed by atoms with van der Waals surface area (Å²) in [5.41, 5.74) is 1.26. The van der Waals surface area contributed by atoms with Crippen LogP contribution in [-0.2, 0) is 0 Å². The van der Waals surface area contributed by atoms with Crippen molar-refractivity contribution in [2.45, 2.75) is 26.3 Å². The molecule has 1 heterocycles. The van der Waals surface area contributed by atoms with Crippen LogP contribution in [0.15, 0.2) is 18.2 Å². The Kier molecular flexibility index (Phi) is 3.82. The molecule has 2 rings (SSSR count). The summed E-state index contributed by atoms with van der Waals surface area (Å²) in [6, 6.07) is 6.88. The van der Waals surface area contributed by atoms with E-state index in [2.05, 4.69) is 19.2 Å². The Bertz CT molecular complexity index is 479. The van der Waals surface area contributed by atoms with Gasteiger partial charge in [-0.05, 0) is 35.8 Å². The van der Waals surface area contributed by atoms with E-state index in [1.807, 2.05) is 17.8 Å². The van der Waals surface area contributed by atoms with Crippen molar-refractivity contribution in [1.29, 1.82) is 5.26 Å². The van der Waals surface area contributed by atoms with Crippen molar-refractivity contribution in [2.75, 3.05) is 16.8 Å². The number of nitriles is 1. The Morgan fingerprint density at radius 2 is 2.28 bits per heavy atom. The molecular weight excluding hydrogens is 247 g/mol. The Balaban J connectivity index is 2.08. The van der Waals surface area contributed by atoms with Crippen LogP contribution in [0.5, 0.6) is 0 Å². The fourth-order valence-corrected chi connectivity index (χ4v) is 3.57. The van der Waals surface area contributed by atoms with Crippen molar-refractivity contribution in [3.8, 4) is 6.07 Å². The van der Waals surface area contributed by atoms with Gasteiger partial charge in [0.25, 0.3) is 0 Å². The lowest BCUT2D eigenvalue weighted by Gasteiger charge is -2.35. The van der Waals surface area contributed by atoms with Crippen molar-refractivity contribution in [1.82, 2.24) is 0 Å². The molecule has 0 saturated carbocycles. The van der Waals surface area contributed by atoms with E-state index in [1.165, 1.54) is 11.8 Å². The molecule has 0 aliphatic carbocycles. The molecule has 0 amide bonds. The van der Waals surface area contributed by atoms with E-state index in [9.17, 15) is 4.39 Å². The Morgan fingerprint density at radius 1 is 1.50 bits per heavy atom. The van der Waals surface area contributed by atoms with Crippen molar-refractivity contribution in [2.24, 2.45) is 5.41 Å². The number of rotatable bonds is 2. The van der Waals surface area contributed by atoms with E-state index in [0.29, 0.717) is 11.5 Å². The van der Waals surface area contributed by atoms with Crippen LogP contribution in [0.2, 0.25) is 0 Å². The highest BCUT2D eigenvalue weighted by atomic mass is 32.2. The van der Waals surface area contributed by atoms with Gasteiger partial charge in [-0.25, -0.2) is 4.39 Å². The van der Waals surface area contributed by atoms with Crippen LogP contribution in [0, 0.1) is 22.6 Å². The highest BCUT2D eigenvalue weighted by Gasteiger charge is 2.28. The fourth-order valence-electron chi connectivity index (χ4n) is 2.29. The zero-order chi connectivity index (χ0) is 13.2. The molecule has 0 bridgehead atoms. The molecule has 1 N–H and O–H groups in total. The first-order valence-corrected chi connectivity index (χ1v) is 7.19. The van der Waals surface area contributed by atoms with Crippen LogP contribution in [-0.4, -0.2) is 17.5 Å². The summed E-state index contributed by atoms with van der Waals surface area (Å²) in [5.74, 6) is 1.78. The number of anilines is 1. The molecule has 1 aliphatic rings. The maximum absolute atomic E-state index is 13.2. The molecule has 1 aromatic carbocycles. The third-order valence-corrected chi connectivity index (χ3v) is 4.69.